The van der Waals surface area contributed by atoms with Crippen molar-refractivity contribution < 1.29 is 18.8 Å². The van der Waals surface area contributed by atoms with E-state index in [2.05, 4.69) is 5.48 Å². The van der Waals surface area contributed by atoms with E-state index < -0.39 is 0 Å². The largest absolute Gasteiger partial charge is 0.338 e. The van der Waals surface area contributed by atoms with E-state index in [-0.39, 0.29) is 30.2 Å². The number of hydrogen-bond donors (Lipinski definition) is 1. The zero-order valence-corrected chi connectivity index (χ0v) is 14.4. The molecule has 0 aliphatic carbocycles. The SMILES string of the molecule is O=C(NOCc1ccccc1)[C@@H]1CCCN(C(=O)c2ccc(F)cc2)C1. The Bertz CT molecular complexity index is 749. The molecule has 1 aliphatic heterocycles. The van der Waals surface area contributed by atoms with Crippen LogP contribution in [-0.2, 0) is 16.2 Å². The fourth-order valence-electron chi connectivity index (χ4n) is 3.00. The average molecular weight is 356 g/mol. The molecule has 2 aromatic rings. The van der Waals surface area contributed by atoms with Crippen LogP contribution in [0, 0.1) is 11.7 Å². The van der Waals surface area contributed by atoms with E-state index >= 15 is 0 Å². The number of hydroxylamine groups is 1. The van der Waals surface area contributed by atoms with Gasteiger partial charge in [0.2, 0.25) is 5.91 Å². The predicted octanol–water partition coefficient (Wildman–Crippen LogP) is 2.93. The number of rotatable bonds is 5. The van der Waals surface area contributed by atoms with Crippen LogP contribution in [0.4, 0.5) is 4.39 Å². The van der Waals surface area contributed by atoms with E-state index in [4.69, 9.17) is 4.84 Å². The zero-order valence-electron chi connectivity index (χ0n) is 14.4. The molecular weight excluding hydrogens is 335 g/mol. The lowest BCUT2D eigenvalue weighted by Crippen LogP contribution is -2.45. The van der Waals surface area contributed by atoms with Crippen molar-refractivity contribution in [2.45, 2.75) is 19.4 Å². The minimum absolute atomic E-state index is 0.187. The van der Waals surface area contributed by atoms with Crippen LogP contribution in [0.1, 0.15) is 28.8 Å². The summed E-state index contributed by atoms with van der Waals surface area (Å²) in [5.74, 6) is -1.11. The number of hydrogen-bond acceptors (Lipinski definition) is 3. The van der Waals surface area contributed by atoms with Crippen LogP contribution in [0.25, 0.3) is 0 Å². The van der Waals surface area contributed by atoms with Crippen LogP contribution in [0.5, 0.6) is 0 Å². The lowest BCUT2D eigenvalue weighted by atomic mass is 9.97. The summed E-state index contributed by atoms with van der Waals surface area (Å²) in [6, 6.07) is 15.0. The first-order valence-corrected chi connectivity index (χ1v) is 8.64. The van der Waals surface area contributed by atoms with Gasteiger partial charge in [0.05, 0.1) is 12.5 Å². The number of piperidine rings is 1. The summed E-state index contributed by atoms with van der Waals surface area (Å²) in [5, 5.41) is 0. The molecule has 1 aliphatic rings. The molecule has 1 atom stereocenters. The Labute approximate surface area is 151 Å². The highest BCUT2D eigenvalue weighted by Crippen LogP contribution is 2.19. The first kappa shape index (κ1) is 18.1. The van der Waals surface area contributed by atoms with E-state index in [1.807, 2.05) is 30.3 Å². The number of benzene rings is 2. The molecule has 26 heavy (non-hydrogen) atoms. The Hall–Kier alpha value is -2.73. The Morgan fingerprint density at radius 1 is 1.12 bits per heavy atom. The molecule has 3 rings (SSSR count). The maximum atomic E-state index is 13.0. The smallest absolute Gasteiger partial charge is 0.253 e. The Morgan fingerprint density at radius 3 is 2.58 bits per heavy atom. The van der Waals surface area contributed by atoms with Gasteiger partial charge in [-0.25, -0.2) is 9.87 Å². The van der Waals surface area contributed by atoms with Crippen molar-refractivity contribution in [1.82, 2.24) is 10.4 Å². The maximum Gasteiger partial charge on any atom is 0.253 e. The molecule has 5 nitrogen and oxygen atoms in total. The molecule has 0 saturated carbocycles. The van der Waals surface area contributed by atoms with E-state index in [1.165, 1.54) is 24.3 Å². The maximum absolute atomic E-state index is 13.0. The zero-order chi connectivity index (χ0) is 18.4. The van der Waals surface area contributed by atoms with Crippen molar-refractivity contribution in [3.8, 4) is 0 Å². The topological polar surface area (TPSA) is 58.6 Å². The number of halogens is 1. The molecule has 0 aromatic heterocycles. The lowest BCUT2D eigenvalue weighted by molar-refractivity contribution is -0.140. The van der Waals surface area contributed by atoms with Gasteiger partial charge in [-0.1, -0.05) is 30.3 Å². The van der Waals surface area contributed by atoms with Crippen LogP contribution < -0.4 is 5.48 Å². The molecule has 1 heterocycles. The van der Waals surface area contributed by atoms with Crippen LogP contribution in [-0.4, -0.2) is 29.8 Å². The van der Waals surface area contributed by atoms with E-state index in [1.54, 1.807) is 4.90 Å². The van der Waals surface area contributed by atoms with Gasteiger partial charge in [-0.15, -0.1) is 0 Å². The summed E-state index contributed by atoms with van der Waals surface area (Å²) in [5.41, 5.74) is 3.87. The van der Waals surface area contributed by atoms with Gasteiger partial charge in [-0.3, -0.25) is 14.4 Å². The predicted molar refractivity (Wildman–Crippen MR) is 94.4 cm³/mol. The summed E-state index contributed by atoms with van der Waals surface area (Å²) in [4.78, 5) is 31.8. The monoisotopic (exact) mass is 356 g/mol. The first-order chi connectivity index (χ1) is 12.6. The molecule has 6 heteroatoms. The van der Waals surface area contributed by atoms with E-state index in [0.29, 0.717) is 25.1 Å². The van der Waals surface area contributed by atoms with Crippen molar-refractivity contribution in [3.63, 3.8) is 0 Å². The van der Waals surface area contributed by atoms with Crippen molar-refractivity contribution >= 4 is 11.8 Å². The van der Waals surface area contributed by atoms with Crippen LogP contribution in [0.2, 0.25) is 0 Å². The quantitative estimate of drug-likeness (QED) is 0.838. The second-order valence-electron chi connectivity index (χ2n) is 6.34. The van der Waals surface area contributed by atoms with Gasteiger partial charge in [0, 0.05) is 18.7 Å². The summed E-state index contributed by atoms with van der Waals surface area (Å²) in [6.07, 6.45) is 1.44. The van der Waals surface area contributed by atoms with E-state index in [9.17, 15) is 14.0 Å². The van der Waals surface area contributed by atoms with Gasteiger partial charge in [0.15, 0.2) is 0 Å². The van der Waals surface area contributed by atoms with Crippen molar-refractivity contribution in [2.75, 3.05) is 13.1 Å². The number of nitrogens with one attached hydrogen (secondary N) is 1. The molecule has 1 fully saturated rings. The van der Waals surface area contributed by atoms with Gasteiger partial charge in [-0.2, -0.15) is 0 Å². The highest BCUT2D eigenvalue weighted by molar-refractivity contribution is 5.94. The highest BCUT2D eigenvalue weighted by atomic mass is 19.1. The third kappa shape index (κ3) is 4.67. The van der Waals surface area contributed by atoms with Gasteiger partial charge < -0.3 is 4.90 Å². The summed E-state index contributed by atoms with van der Waals surface area (Å²) in [7, 11) is 0. The third-order valence-corrected chi connectivity index (χ3v) is 4.42. The number of carbonyl (C=O) groups is 2. The molecule has 0 radical (unpaired) electrons. The number of likely N-dealkylation sites (tertiary alicyclic amines) is 1. The number of carbonyl (C=O) groups excluding carboxylic acids is 2. The highest BCUT2D eigenvalue weighted by Gasteiger charge is 2.29. The molecular formula is C20H21FN2O3. The van der Waals surface area contributed by atoms with Gasteiger partial charge in [0.1, 0.15) is 5.82 Å². The minimum Gasteiger partial charge on any atom is -0.338 e. The fraction of sp³-hybridized carbons (Fsp3) is 0.300. The number of nitrogens with zero attached hydrogens (tertiary/aromatic N) is 1. The normalized spacial score (nSPS) is 17.0. The van der Waals surface area contributed by atoms with Crippen LogP contribution >= 0.6 is 0 Å². The van der Waals surface area contributed by atoms with E-state index in [0.717, 1.165) is 12.0 Å². The number of amides is 2. The fourth-order valence-corrected chi connectivity index (χ4v) is 3.00. The lowest BCUT2D eigenvalue weighted by Gasteiger charge is -2.32. The molecule has 2 aromatic carbocycles. The van der Waals surface area contributed by atoms with Crippen molar-refractivity contribution in [3.05, 3.63) is 71.5 Å². The first-order valence-electron chi connectivity index (χ1n) is 8.64. The molecule has 0 bridgehead atoms. The van der Waals surface area contributed by atoms with Crippen LogP contribution in [0.3, 0.4) is 0 Å². The summed E-state index contributed by atoms with van der Waals surface area (Å²) in [6.45, 7) is 1.21. The average Bonchev–Trinajstić information content (AvgIpc) is 2.69. The molecule has 0 spiro atoms. The second-order valence-corrected chi connectivity index (χ2v) is 6.34. The van der Waals surface area contributed by atoms with Gasteiger partial charge >= 0.3 is 0 Å². The third-order valence-electron chi connectivity index (χ3n) is 4.42. The molecule has 136 valence electrons. The van der Waals surface area contributed by atoms with Crippen molar-refractivity contribution in [1.29, 1.82) is 0 Å². The standard InChI is InChI=1S/C20H21FN2O3/c21-18-10-8-16(9-11-18)20(25)23-12-4-7-17(13-23)19(24)22-26-14-15-5-2-1-3-6-15/h1-3,5-6,8-11,17H,4,7,12-14H2,(H,22,24)/t17-/m1/s1. The second kappa shape index (κ2) is 8.58. The summed E-state index contributed by atoms with van der Waals surface area (Å²) >= 11 is 0. The summed E-state index contributed by atoms with van der Waals surface area (Å²) < 4.78 is 13.0. The molecule has 2 amide bonds. The molecule has 1 N–H and O–H groups in total. The molecule has 0 unspecified atom stereocenters. The Balaban J connectivity index is 1.51. The van der Waals surface area contributed by atoms with Crippen molar-refractivity contribution in [2.24, 2.45) is 5.92 Å². The Morgan fingerprint density at radius 2 is 1.85 bits per heavy atom. The minimum atomic E-state index is -0.381. The van der Waals surface area contributed by atoms with Gasteiger partial charge in [0.25, 0.3) is 5.91 Å². The van der Waals surface area contributed by atoms with Crippen LogP contribution in [0.15, 0.2) is 54.6 Å². The van der Waals surface area contributed by atoms with Gasteiger partial charge in [-0.05, 0) is 42.7 Å². The molecule has 1 saturated heterocycles. The Kier molecular flexibility index (Phi) is 5.96.